The van der Waals surface area contributed by atoms with E-state index in [1.807, 2.05) is 72.8 Å². The summed E-state index contributed by atoms with van der Waals surface area (Å²) in [5.41, 5.74) is 8.54. The number of hydrogen-bond acceptors (Lipinski definition) is 4. The second-order valence-electron chi connectivity index (χ2n) is 7.44. The molecule has 0 fully saturated rings. The van der Waals surface area contributed by atoms with Gasteiger partial charge >= 0.3 is 0 Å². The maximum Gasteiger partial charge on any atom is 0.268 e. The molecule has 0 bridgehead atoms. The Morgan fingerprint density at radius 2 is 1.68 bits per heavy atom. The quantitative estimate of drug-likeness (QED) is 0.560. The van der Waals surface area contributed by atoms with Crippen molar-refractivity contribution in [3.8, 4) is 11.5 Å². The summed E-state index contributed by atoms with van der Waals surface area (Å²) >= 11 is 6.00. The SMILES string of the molecule is NCCc1ccc(OCCC2Oc3ccccc3N(Cc3ccc(Cl)cc3)C2=O)cc1. The van der Waals surface area contributed by atoms with Gasteiger partial charge in [-0.1, -0.05) is 48.0 Å². The molecule has 5 nitrogen and oxygen atoms in total. The molecular formula is C25H25ClN2O3. The zero-order valence-corrected chi connectivity index (χ0v) is 17.9. The third-order valence-electron chi connectivity index (χ3n) is 5.23. The Morgan fingerprint density at radius 3 is 2.42 bits per heavy atom. The molecular weight excluding hydrogens is 412 g/mol. The standard InChI is InChI=1S/C25H25ClN2O3/c26-20-9-5-19(6-10-20)17-28-22-3-1-2-4-23(22)31-24(25(28)29)14-16-30-21-11-7-18(8-12-21)13-15-27/h1-12,24H,13-17,27H2. The van der Waals surface area contributed by atoms with Crippen LogP contribution in [0.1, 0.15) is 17.5 Å². The average molecular weight is 437 g/mol. The van der Waals surface area contributed by atoms with Gasteiger partial charge in [-0.3, -0.25) is 4.79 Å². The van der Waals surface area contributed by atoms with E-state index >= 15 is 0 Å². The van der Waals surface area contributed by atoms with Gasteiger partial charge in [-0.05, 0) is 60.5 Å². The highest BCUT2D eigenvalue weighted by atomic mass is 35.5. The maximum absolute atomic E-state index is 13.2. The first-order valence-electron chi connectivity index (χ1n) is 10.4. The zero-order valence-electron chi connectivity index (χ0n) is 17.2. The lowest BCUT2D eigenvalue weighted by Gasteiger charge is -2.34. The van der Waals surface area contributed by atoms with Crippen molar-refractivity contribution in [2.45, 2.75) is 25.5 Å². The van der Waals surface area contributed by atoms with Gasteiger partial charge in [0.25, 0.3) is 5.91 Å². The first kappa shape index (κ1) is 21.2. The number of rotatable bonds is 8. The van der Waals surface area contributed by atoms with Gasteiger partial charge in [0.1, 0.15) is 11.5 Å². The number of carbonyl (C=O) groups is 1. The Kier molecular flexibility index (Phi) is 6.75. The van der Waals surface area contributed by atoms with Gasteiger partial charge in [0.15, 0.2) is 6.10 Å². The molecule has 0 aromatic heterocycles. The highest BCUT2D eigenvalue weighted by molar-refractivity contribution is 6.30. The Hall–Kier alpha value is -3.02. The molecule has 2 N–H and O–H groups in total. The Labute approximate surface area is 187 Å². The number of nitrogens with zero attached hydrogens (tertiary/aromatic N) is 1. The van der Waals surface area contributed by atoms with Gasteiger partial charge in [0.2, 0.25) is 0 Å². The summed E-state index contributed by atoms with van der Waals surface area (Å²) in [6, 6.07) is 23.0. The minimum absolute atomic E-state index is 0.0736. The Bertz CT molecular complexity index is 1020. The van der Waals surface area contributed by atoms with Gasteiger partial charge < -0.3 is 20.1 Å². The molecule has 0 radical (unpaired) electrons. The predicted molar refractivity (Wildman–Crippen MR) is 123 cm³/mol. The van der Waals surface area contributed by atoms with Crippen LogP contribution in [0.2, 0.25) is 5.02 Å². The smallest absolute Gasteiger partial charge is 0.268 e. The summed E-state index contributed by atoms with van der Waals surface area (Å²) in [7, 11) is 0. The van der Waals surface area contributed by atoms with Crippen molar-refractivity contribution in [2.75, 3.05) is 18.1 Å². The molecule has 0 saturated carbocycles. The van der Waals surface area contributed by atoms with E-state index in [-0.39, 0.29) is 5.91 Å². The molecule has 160 valence electrons. The van der Waals surface area contributed by atoms with Gasteiger partial charge in [0.05, 0.1) is 18.8 Å². The second-order valence-corrected chi connectivity index (χ2v) is 7.88. The van der Waals surface area contributed by atoms with Crippen molar-refractivity contribution >= 4 is 23.2 Å². The minimum atomic E-state index is -0.598. The molecule has 0 saturated heterocycles. The third-order valence-corrected chi connectivity index (χ3v) is 5.48. The molecule has 0 spiro atoms. The van der Waals surface area contributed by atoms with Crippen LogP contribution >= 0.6 is 11.6 Å². The first-order chi connectivity index (χ1) is 15.1. The summed E-state index contributed by atoms with van der Waals surface area (Å²) in [5, 5.41) is 0.670. The largest absolute Gasteiger partial charge is 0.493 e. The van der Waals surface area contributed by atoms with E-state index in [2.05, 4.69) is 0 Å². The van der Waals surface area contributed by atoms with Crippen molar-refractivity contribution in [3.63, 3.8) is 0 Å². The van der Waals surface area contributed by atoms with Crippen LogP contribution in [-0.4, -0.2) is 25.2 Å². The average Bonchev–Trinajstić information content (AvgIpc) is 2.79. The van der Waals surface area contributed by atoms with Crippen molar-refractivity contribution in [1.29, 1.82) is 0 Å². The summed E-state index contributed by atoms with van der Waals surface area (Å²) < 4.78 is 11.9. The summed E-state index contributed by atoms with van der Waals surface area (Å²) in [6.45, 7) is 1.45. The number of carbonyl (C=O) groups excluding carboxylic acids is 1. The third kappa shape index (κ3) is 5.19. The molecule has 31 heavy (non-hydrogen) atoms. The van der Waals surface area contributed by atoms with Crippen LogP contribution in [0.4, 0.5) is 5.69 Å². The normalized spacial score (nSPS) is 15.4. The number of benzene rings is 3. The van der Waals surface area contributed by atoms with Crippen LogP contribution in [-0.2, 0) is 17.8 Å². The molecule has 1 aliphatic heterocycles. The van der Waals surface area contributed by atoms with Crippen LogP contribution in [0.25, 0.3) is 0 Å². The fourth-order valence-corrected chi connectivity index (χ4v) is 3.72. The number of amides is 1. The number of hydrogen-bond donors (Lipinski definition) is 1. The molecule has 1 amide bonds. The lowest BCUT2D eigenvalue weighted by atomic mass is 10.1. The van der Waals surface area contributed by atoms with Crippen molar-refractivity contribution in [1.82, 2.24) is 0 Å². The van der Waals surface area contributed by atoms with E-state index in [0.717, 1.165) is 23.4 Å². The van der Waals surface area contributed by atoms with E-state index in [4.69, 9.17) is 26.8 Å². The highest BCUT2D eigenvalue weighted by Gasteiger charge is 2.34. The lowest BCUT2D eigenvalue weighted by Crippen LogP contribution is -2.46. The van der Waals surface area contributed by atoms with E-state index in [1.54, 1.807) is 4.90 Å². The molecule has 1 unspecified atom stereocenters. The molecule has 1 heterocycles. The van der Waals surface area contributed by atoms with E-state index < -0.39 is 6.10 Å². The van der Waals surface area contributed by atoms with Gasteiger partial charge in [-0.25, -0.2) is 0 Å². The van der Waals surface area contributed by atoms with E-state index in [1.165, 1.54) is 5.56 Å². The molecule has 0 aliphatic carbocycles. The van der Waals surface area contributed by atoms with E-state index in [9.17, 15) is 4.79 Å². The van der Waals surface area contributed by atoms with Crippen LogP contribution in [0.5, 0.6) is 11.5 Å². The predicted octanol–water partition coefficient (Wildman–Crippen LogP) is 4.60. The number of halogens is 1. The van der Waals surface area contributed by atoms with Crippen molar-refractivity contribution < 1.29 is 14.3 Å². The Balaban J connectivity index is 1.43. The highest BCUT2D eigenvalue weighted by Crippen LogP contribution is 2.35. The topological polar surface area (TPSA) is 64.8 Å². The van der Waals surface area contributed by atoms with Crippen LogP contribution < -0.4 is 20.1 Å². The molecule has 3 aromatic carbocycles. The van der Waals surface area contributed by atoms with Crippen LogP contribution in [0, 0.1) is 0 Å². The Morgan fingerprint density at radius 1 is 0.968 bits per heavy atom. The van der Waals surface area contributed by atoms with E-state index in [0.29, 0.717) is 36.9 Å². The number of anilines is 1. The lowest BCUT2D eigenvalue weighted by molar-refractivity contribution is -0.127. The minimum Gasteiger partial charge on any atom is -0.493 e. The van der Waals surface area contributed by atoms with Crippen LogP contribution in [0.15, 0.2) is 72.8 Å². The van der Waals surface area contributed by atoms with Gasteiger partial charge in [-0.15, -0.1) is 0 Å². The molecule has 1 aliphatic rings. The summed E-state index contributed by atoms with van der Waals surface area (Å²) in [4.78, 5) is 15.0. The monoisotopic (exact) mass is 436 g/mol. The molecule has 3 aromatic rings. The molecule has 4 rings (SSSR count). The fraction of sp³-hybridized carbons (Fsp3) is 0.240. The van der Waals surface area contributed by atoms with Gasteiger partial charge in [0, 0.05) is 11.4 Å². The summed E-state index contributed by atoms with van der Waals surface area (Å²) in [6.07, 6.45) is 0.696. The summed E-state index contributed by atoms with van der Waals surface area (Å²) in [5.74, 6) is 1.39. The zero-order chi connectivity index (χ0) is 21.6. The van der Waals surface area contributed by atoms with Crippen molar-refractivity contribution in [2.24, 2.45) is 5.73 Å². The fourth-order valence-electron chi connectivity index (χ4n) is 3.60. The first-order valence-corrected chi connectivity index (χ1v) is 10.7. The number of nitrogens with two attached hydrogens (primary N) is 1. The number of fused-ring (bicyclic) bond motifs is 1. The van der Waals surface area contributed by atoms with Crippen molar-refractivity contribution in [3.05, 3.63) is 88.9 Å². The number of para-hydroxylation sites is 2. The molecule has 1 atom stereocenters. The number of ether oxygens (including phenoxy) is 2. The van der Waals surface area contributed by atoms with Crippen LogP contribution in [0.3, 0.4) is 0 Å². The maximum atomic E-state index is 13.2. The second kappa shape index (κ2) is 9.86. The molecule has 6 heteroatoms. The van der Waals surface area contributed by atoms with Gasteiger partial charge in [-0.2, -0.15) is 0 Å².